The minimum atomic E-state index is 0.413. The zero-order valence-corrected chi connectivity index (χ0v) is 10.2. The first kappa shape index (κ1) is 12.0. The van der Waals surface area contributed by atoms with Gasteiger partial charge in [0.1, 0.15) is 5.75 Å². The van der Waals surface area contributed by atoms with Crippen molar-refractivity contribution in [1.82, 2.24) is 0 Å². The van der Waals surface area contributed by atoms with E-state index in [0.717, 1.165) is 5.75 Å². The van der Waals surface area contributed by atoms with Crippen LogP contribution in [0.25, 0.3) is 0 Å². The summed E-state index contributed by atoms with van der Waals surface area (Å²) in [6, 6.07) is 5.18. The standard InChI is InChI=1S/C10H12Cl2OS/c1-7(6-14)5-13-10-3-8(11)2-9(12)4-10/h2-4,7,14H,5-6H2,1H3. The summed E-state index contributed by atoms with van der Waals surface area (Å²) in [7, 11) is 0. The largest absolute Gasteiger partial charge is 0.493 e. The Morgan fingerprint density at radius 3 is 2.36 bits per heavy atom. The van der Waals surface area contributed by atoms with Crippen molar-refractivity contribution in [2.75, 3.05) is 12.4 Å². The average Bonchev–Trinajstić information content (AvgIpc) is 2.12. The van der Waals surface area contributed by atoms with E-state index in [1.165, 1.54) is 0 Å². The Morgan fingerprint density at radius 1 is 1.29 bits per heavy atom. The van der Waals surface area contributed by atoms with Gasteiger partial charge in [0.05, 0.1) is 6.61 Å². The molecule has 0 aliphatic heterocycles. The molecule has 0 aromatic heterocycles. The van der Waals surface area contributed by atoms with E-state index in [2.05, 4.69) is 19.6 Å². The third-order valence-electron chi connectivity index (χ3n) is 1.68. The molecule has 0 saturated carbocycles. The van der Waals surface area contributed by atoms with Crippen LogP contribution in [0.5, 0.6) is 5.75 Å². The Hall–Kier alpha value is -0.0500. The van der Waals surface area contributed by atoms with Crippen molar-refractivity contribution < 1.29 is 4.74 Å². The van der Waals surface area contributed by atoms with E-state index in [4.69, 9.17) is 27.9 Å². The molecule has 1 atom stereocenters. The Bertz CT molecular complexity index is 284. The van der Waals surface area contributed by atoms with E-state index in [-0.39, 0.29) is 0 Å². The molecule has 1 aromatic carbocycles. The van der Waals surface area contributed by atoms with Crippen LogP contribution >= 0.6 is 35.8 Å². The van der Waals surface area contributed by atoms with Gasteiger partial charge in [-0.3, -0.25) is 0 Å². The minimum Gasteiger partial charge on any atom is -0.493 e. The first-order valence-electron chi connectivity index (χ1n) is 4.31. The Labute approximate surface area is 99.8 Å². The topological polar surface area (TPSA) is 9.23 Å². The summed E-state index contributed by atoms with van der Waals surface area (Å²) in [5, 5.41) is 1.18. The summed E-state index contributed by atoms with van der Waals surface area (Å²) in [4.78, 5) is 0. The van der Waals surface area contributed by atoms with E-state index in [1.54, 1.807) is 18.2 Å². The number of ether oxygens (including phenoxy) is 1. The van der Waals surface area contributed by atoms with Crippen molar-refractivity contribution >= 4 is 35.8 Å². The molecule has 0 aliphatic carbocycles. The molecule has 0 saturated heterocycles. The number of halogens is 2. The van der Waals surface area contributed by atoms with Crippen LogP contribution in [0, 0.1) is 5.92 Å². The Balaban J connectivity index is 2.58. The van der Waals surface area contributed by atoms with Gasteiger partial charge in [0.2, 0.25) is 0 Å². The highest BCUT2D eigenvalue weighted by Crippen LogP contribution is 2.24. The van der Waals surface area contributed by atoms with Crippen LogP contribution < -0.4 is 4.74 Å². The SMILES string of the molecule is CC(CS)COc1cc(Cl)cc(Cl)c1. The van der Waals surface area contributed by atoms with Gasteiger partial charge in [-0.15, -0.1) is 0 Å². The fourth-order valence-corrected chi connectivity index (χ4v) is 1.51. The van der Waals surface area contributed by atoms with Gasteiger partial charge in [-0.05, 0) is 29.9 Å². The predicted octanol–water partition coefficient (Wildman–Crippen LogP) is 3.94. The summed E-state index contributed by atoms with van der Waals surface area (Å²) in [6.07, 6.45) is 0. The Kier molecular flexibility index (Phi) is 4.93. The van der Waals surface area contributed by atoms with Crippen LogP contribution in [0.3, 0.4) is 0 Å². The highest BCUT2D eigenvalue weighted by atomic mass is 35.5. The molecular formula is C10H12Cl2OS. The van der Waals surface area contributed by atoms with Gasteiger partial charge >= 0.3 is 0 Å². The van der Waals surface area contributed by atoms with Crippen LogP contribution in [0.1, 0.15) is 6.92 Å². The zero-order chi connectivity index (χ0) is 10.6. The molecule has 78 valence electrons. The maximum atomic E-state index is 5.82. The molecule has 1 rings (SSSR count). The van der Waals surface area contributed by atoms with E-state index in [1.807, 2.05) is 0 Å². The average molecular weight is 251 g/mol. The van der Waals surface area contributed by atoms with Crippen molar-refractivity contribution in [2.45, 2.75) is 6.92 Å². The van der Waals surface area contributed by atoms with Gasteiger partial charge in [0.25, 0.3) is 0 Å². The van der Waals surface area contributed by atoms with Crippen LogP contribution in [-0.2, 0) is 0 Å². The van der Waals surface area contributed by atoms with Gasteiger partial charge < -0.3 is 4.74 Å². The minimum absolute atomic E-state index is 0.413. The van der Waals surface area contributed by atoms with E-state index in [9.17, 15) is 0 Å². The van der Waals surface area contributed by atoms with Crippen LogP contribution in [0.4, 0.5) is 0 Å². The predicted molar refractivity (Wildman–Crippen MR) is 65.0 cm³/mol. The molecule has 1 aromatic rings. The second-order valence-corrected chi connectivity index (χ2v) is 4.44. The molecule has 1 unspecified atom stereocenters. The molecule has 0 spiro atoms. The number of thiol groups is 1. The van der Waals surface area contributed by atoms with Crippen LogP contribution in [0.15, 0.2) is 18.2 Å². The summed E-state index contributed by atoms with van der Waals surface area (Å²) in [5.41, 5.74) is 0. The van der Waals surface area contributed by atoms with E-state index in [0.29, 0.717) is 28.3 Å². The second kappa shape index (κ2) is 5.74. The summed E-state index contributed by atoms with van der Waals surface area (Å²) < 4.78 is 5.50. The van der Waals surface area contributed by atoms with Gasteiger partial charge in [-0.1, -0.05) is 30.1 Å². The highest BCUT2D eigenvalue weighted by molar-refractivity contribution is 7.80. The molecule has 0 radical (unpaired) electrons. The maximum absolute atomic E-state index is 5.82. The molecule has 0 N–H and O–H groups in total. The summed E-state index contributed by atoms with van der Waals surface area (Å²) >= 11 is 15.8. The van der Waals surface area contributed by atoms with Crippen molar-refractivity contribution in [3.8, 4) is 5.75 Å². The molecule has 0 bridgehead atoms. The fraction of sp³-hybridized carbons (Fsp3) is 0.400. The third-order valence-corrected chi connectivity index (χ3v) is 2.74. The number of benzene rings is 1. The first-order valence-corrected chi connectivity index (χ1v) is 5.70. The molecule has 4 heteroatoms. The Morgan fingerprint density at radius 2 is 1.86 bits per heavy atom. The van der Waals surface area contributed by atoms with Crippen molar-refractivity contribution in [3.05, 3.63) is 28.2 Å². The molecule has 0 amide bonds. The molecular weight excluding hydrogens is 239 g/mol. The van der Waals surface area contributed by atoms with Gasteiger partial charge in [-0.25, -0.2) is 0 Å². The van der Waals surface area contributed by atoms with E-state index < -0.39 is 0 Å². The molecule has 1 nitrogen and oxygen atoms in total. The monoisotopic (exact) mass is 250 g/mol. The molecule has 0 heterocycles. The first-order chi connectivity index (χ1) is 6.61. The van der Waals surface area contributed by atoms with Crippen molar-refractivity contribution in [1.29, 1.82) is 0 Å². The normalized spacial score (nSPS) is 12.6. The third kappa shape index (κ3) is 3.99. The van der Waals surface area contributed by atoms with Gasteiger partial charge in [0, 0.05) is 10.0 Å². The van der Waals surface area contributed by atoms with Crippen molar-refractivity contribution in [3.63, 3.8) is 0 Å². The zero-order valence-electron chi connectivity index (χ0n) is 7.84. The molecule has 0 aliphatic rings. The number of hydrogen-bond acceptors (Lipinski definition) is 2. The number of hydrogen-bond donors (Lipinski definition) is 1. The second-order valence-electron chi connectivity index (χ2n) is 3.20. The maximum Gasteiger partial charge on any atom is 0.122 e. The lowest BCUT2D eigenvalue weighted by atomic mass is 10.2. The fourth-order valence-electron chi connectivity index (χ4n) is 0.903. The lowest BCUT2D eigenvalue weighted by molar-refractivity contribution is 0.273. The van der Waals surface area contributed by atoms with Gasteiger partial charge in [0.15, 0.2) is 0 Å². The van der Waals surface area contributed by atoms with Crippen LogP contribution in [-0.4, -0.2) is 12.4 Å². The lowest BCUT2D eigenvalue weighted by Gasteiger charge is -2.10. The van der Waals surface area contributed by atoms with Crippen molar-refractivity contribution in [2.24, 2.45) is 5.92 Å². The molecule has 0 fully saturated rings. The lowest BCUT2D eigenvalue weighted by Crippen LogP contribution is -2.09. The van der Waals surface area contributed by atoms with E-state index >= 15 is 0 Å². The smallest absolute Gasteiger partial charge is 0.122 e. The number of rotatable bonds is 4. The summed E-state index contributed by atoms with van der Waals surface area (Å²) in [6.45, 7) is 2.69. The molecule has 14 heavy (non-hydrogen) atoms. The van der Waals surface area contributed by atoms with Gasteiger partial charge in [-0.2, -0.15) is 12.6 Å². The summed E-state index contributed by atoms with van der Waals surface area (Å²) in [5.74, 6) is 1.92. The highest BCUT2D eigenvalue weighted by Gasteiger charge is 2.02. The van der Waals surface area contributed by atoms with Crippen LogP contribution in [0.2, 0.25) is 10.0 Å². The quantitative estimate of drug-likeness (QED) is 0.797.